The van der Waals surface area contributed by atoms with E-state index in [0.29, 0.717) is 6.04 Å². The summed E-state index contributed by atoms with van der Waals surface area (Å²) in [6.45, 7) is 4.76. The zero-order valence-electron chi connectivity index (χ0n) is 14.2. The van der Waals surface area contributed by atoms with Crippen LogP contribution in [0.15, 0.2) is 0 Å². The third-order valence-corrected chi connectivity index (χ3v) is 6.50. The molecule has 0 bridgehead atoms. The molecule has 2 nitrogen and oxygen atoms in total. The van der Waals surface area contributed by atoms with Crippen LogP contribution in [0.5, 0.6) is 0 Å². The van der Waals surface area contributed by atoms with Crippen molar-refractivity contribution in [2.45, 2.75) is 83.2 Å². The van der Waals surface area contributed by atoms with Gasteiger partial charge in [0.15, 0.2) is 0 Å². The van der Waals surface area contributed by atoms with Crippen molar-refractivity contribution in [3.8, 4) is 0 Å². The zero-order valence-corrected chi connectivity index (χ0v) is 14.2. The lowest BCUT2D eigenvalue weighted by Gasteiger charge is -2.52. The summed E-state index contributed by atoms with van der Waals surface area (Å²) in [6.07, 6.45) is 12.3. The van der Waals surface area contributed by atoms with Crippen molar-refractivity contribution in [2.75, 3.05) is 14.1 Å². The van der Waals surface area contributed by atoms with Gasteiger partial charge in [-0.1, -0.05) is 46.0 Å². The Morgan fingerprint density at radius 3 is 2.30 bits per heavy atom. The largest absolute Gasteiger partial charge is 0.326 e. The van der Waals surface area contributed by atoms with Crippen molar-refractivity contribution >= 4 is 0 Å². The molecular weight excluding hydrogens is 244 g/mol. The molecular formula is C18H36N2. The Bertz CT molecular complexity index is 294. The van der Waals surface area contributed by atoms with E-state index in [-0.39, 0.29) is 5.54 Å². The van der Waals surface area contributed by atoms with Crippen molar-refractivity contribution in [2.24, 2.45) is 23.5 Å². The summed E-state index contributed by atoms with van der Waals surface area (Å²) >= 11 is 0. The highest BCUT2D eigenvalue weighted by Crippen LogP contribution is 2.43. The van der Waals surface area contributed by atoms with Gasteiger partial charge in [0.1, 0.15) is 0 Å². The molecule has 0 heterocycles. The van der Waals surface area contributed by atoms with Crippen LogP contribution < -0.4 is 5.73 Å². The second kappa shape index (κ2) is 6.79. The van der Waals surface area contributed by atoms with Crippen LogP contribution in [0.25, 0.3) is 0 Å². The van der Waals surface area contributed by atoms with E-state index < -0.39 is 0 Å². The van der Waals surface area contributed by atoms with Crippen LogP contribution in [0.4, 0.5) is 0 Å². The van der Waals surface area contributed by atoms with Crippen LogP contribution in [0.3, 0.4) is 0 Å². The average Bonchev–Trinajstić information content (AvgIpc) is 2.46. The van der Waals surface area contributed by atoms with Crippen molar-refractivity contribution in [1.29, 1.82) is 0 Å². The van der Waals surface area contributed by atoms with Gasteiger partial charge >= 0.3 is 0 Å². The normalized spacial score (nSPS) is 40.8. The van der Waals surface area contributed by atoms with Gasteiger partial charge in [0, 0.05) is 11.6 Å². The van der Waals surface area contributed by atoms with Gasteiger partial charge in [-0.2, -0.15) is 0 Å². The SMILES string of the molecule is CCC1CCC(C(N)C2(N(C)C)CCCC(C)C2)CC1. The topological polar surface area (TPSA) is 29.3 Å². The number of rotatable bonds is 4. The molecule has 0 aromatic carbocycles. The number of nitrogens with two attached hydrogens (primary N) is 1. The Kier molecular flexibility index (Phi) is 5.53. The molecule has 0 amide bonds. The van der Waals surface area contributed by atoms with E-state index in [9.17, 15) is 0 Å². The molecule has 2 aliphatic carbocycles. The summed E-state index contributed by atoms with van der Waals surface area (Å²) in [7, 11) is 4.52. The molecule has 0 aromatic rings. The summed E-state index contributed by atoms with van der Waals surface area (Å²) < 4.78 is 0. The minimum atomic E-state index is 0.265. The van der Waals surface area contributed by atoms with Gasteiger partial charge in [-0.15, -0.1) is 0 Å². The van der Waals surface area contributed by atoms with Crippen molar-refractivity contribution < 1.29 is 0 Å². The van der Waals surface area contributed by atoms with E-state index in [0.717, 1.165) is 17.8 Å². The highest BCUT2D eigenvalue weighted by molar-refractivity contribution is 5.03. The first-order valence-corrected chi connectivity index (χ1v) is 8.92. The summed E-state index contributed by atoms with van der Waals surface area (Å²) in [6, 6.07) is 0.373. The van der Waals surface area contributed by atoms with Crippen molar-refractivity contribution in [1.82, 2.24) is 4.90 Å². The highest BCUT2D eigenvalue weighted by atomic mass is 15.2. The van der Waals surface area contributed by atoms with E-state index in [1.165, 1.54) is 57.8 Å². The first-order chi connectivity index (χ1) is 9.49. The number of hydrogen-bond acceptors (Lipinski definition) is 2. The first kappa shape index (κ1) is 16.3. The van der Waals surface area contributed by atoms with E-state index in [1.54, 1.807) is 0 Å². The van der Waals surface area contributed by atoms with E-state index in [2.05, 4.69) is 32.8 Å². The summed E-state index contributed by atoms with van der Waals surface area (Å²) in [5.41, 5.74) is 7.13. The van der Waals surface area contributed by atoms with E-state index in [1.807, 2.05) is 0 Å². The Morgan fingerprint density at radius 1 is 1.15 bits per heavy atom. The fourth-order valence-corrected chi connectivity index (χ4v) is 4.97. The highest BCUT2D eigenvalue weighted by Gasteiger charge is 2.45. The Morgan fingerprint density at radius 2 is 1.80 bits per heavy atom. The quantitative estimate of drug-likeness (QED) is 0.842. The fraction of sp³-hybridized carbons (Fsp3) is 1.00. The van der Waals surface area contributed by atoms with Crippen LogP contribution in [0, 0.1) is 17.8 Å². The van der Waals surface area contributed by atoms with Crippen LogP contribution in [0.2, 0.25) is 0 Å². The predicted molar refractivity (Wildman–Crippen MR) is 87.8 cm³/mol. The monoisotopic (exact) mass is 280 g/mol. The molecule has 2 heteroatoms. The molecule has 2 saturated carbocycles. The van der Waals surface area contributed by atoms with Crippen LogP contribution in [-0.4, -0.2) is 30.6 Å². The first-order valence-electron chi connectivity index (χ1n) is 8.92. The Balaban J connectivity index is 2.06. The number of likely N-dealkylation sites (N-methyl/N-ethyl adjacent to an activating group) is 1. The van der Waals surface area contributed by atoms with Gasteiger partial charge in [0.25, 0.3) is 0 Å². The molecule has 118 valence electrons. The second-order valence-corrected chi connectivity index (χ2v) is 7.91. The van der Waals surface area contributed by atoms with E-state index in [4.69, 9.17) is 5.73 Å². The van der Waals surface area contributed by atoms with Gasteiger partial charge < -0.3 is 10.6 Å². The lowest BCUT2D eigenvalue weighted by atomic mass is 9.65. The Labute approximate surface area is 126 Å². The molecule has 2 N–H and O–H groups in total. The average molecular weight is 280 g/mol. The molecule has 3 unspecified atom stereocenters. The maximum atomic E-state index is 6.87. The van der Waals surface area contributed by atoms with E-state index >= 15 is 0 Å². The van der Waals surface area contributed by atoms with Gasteiger partial charge in [0.2, 0.25) is 0 Å². The summed E-state index contributed by atoms with van der Waals surface area (Å²) in [5, 5.41) is 0. The third-order valence-electron chi connectivity index (χ3n) is 6.50. The van der Waals surface area contributed by atoms with Crippen LogP contribution >= 0.6 is 0 Å². The molecule has 20 heavy (non-hydrogen) atoms. The predicted octanol–water partition coefficient (Wildman–Crippen LogP) is 4.04. The van der Waals surface area contributed by atoms with Crippen LogP contribution in [-0.2, 0) is 0 Å². The zero-order chi connectivity index (χ0) is 14.8. The van der Waals surface area contributed by atoms with Crippen molar-refractivity contribution in [3.05, 3.63) is 0 Å². The molecule has 2 aliphatic rings. The van der Waals surface area contributed by atoms with Gasteiger partial charge in [0.05, 0.1) is 0 Å². The van der Waals surface area contributed by atoms with Gasteiger partial charge in [-0.05, 0) is 57.5 Å². The van der Waals surface area contributed by atoms with Crippen molar-refractivity contribution in [3.63, 3.8) is 0 Å². The molecule has 0 aromatic heterocycles. The molecule has 0 aliphatic heterocycles. The van der Waals surface area contributed by atoms with Gasteiger partial charge in [-0.25, -0.2) is 0 Å². The number of nitrogens with zero attached hydrogens (tertiary/aromatic N) is 1. The summed E-state index contributed by atoms with van der Waals surface area (Å²) in [4.78, 5) is 2.47. The third kappa shape index (κ3) is 3.22. The lowest BCUT2D eigenvalue weighted by Crippen LogP contribution is -2.62. The molecule has 2 fully saturated rings. The number of hydrogen-bond donors (Lipinski definition) is 1. The maximum Gasteiger partial charge on any atom is 0.0359 e. The lowest BCUT2D eigenvalue weighted by molar-refractivity contribution is 0.0202. The van der Waals surface area contributed by atoms with Gasteiger partial charge in [-0.3, -0.25) is 0 Å². The molecule has 0 saturated heterocycles. The van der Waals surface area contributed by atoms with Crippen LogP contribution in [0.1, 0.15) is 71.6 Å². The Hall–Kier alpha value is -0.0800. The fourth-order valence-electron chi connectivity index (χ4n) is 4.97. The molecule has 3 atom stereocenters. The second-order valence-electron chi connectivity index (χ2n) is 7.91. The standard InChI is InChI=1S/C18H36N2/c1-5-15-8-10-16(11-9-15)17(19)18(20(3)4)12-6-7-14(2)13-18/h14-17H,5-13,19H2,1-4H3. The molecule has 2 rings (SSSR count). The minimum absolute atomic E-state index is 0.265. The molecule has 0 spiro atoms. The minimum Gasteiger partial charge on any atom is -0.326 e. The smallest absolute Gasteiger partial charge is 0.0359 e. The molecule has 0 radical (unpaired) electrons. The summed E-state index contributed by atoms with van der Waals surface area (Å²) in [5.74, 6) is 2.56. The maximum absolute atomic E-state index is 6.87.